The topological polar surface area (TPSA) is 72.9 Å². The Balaban J connectivity index is 2.18. The van der Waals surface area contributed by atoms with E-state index in [0.29, 0.717) is 5.56 Å². The third-order valence-electron chi connectivity index (χ3n) is 3.13. The zero-order valence-corrected chi connectivity index (χ0v) is 11.9. The normalized spacial score (nSPS) is 10.7. The molecule has 0 saturated heterocycles. The molecule has 2 rings (SSSR count). The molecule has 0 unspecified atom stereocenters. The minimum atomic E-state index is -0.464. The lowest BCUT2D eigenvalue weighted by atomic mass is 10.1. The Hall–Kier alpha value is -2.14. The molecular weight excluding hydrogens is 252 g/mol. The van der Waals surface area contributed by atoms with Crippen LogP contribution in [-0.2, 0) is 6.54 Å². The SMILES string of the molecule is CCCNCc1ccc(-n2cc(C(N)=O)cn2)c(C)c1. The van der Waals surface area contributed by atoms with E-state index in [4.69, 9.17) is 5.73 Å². The van der Waals surface area contributed by atoms with Crippen LogP contribution in [0.2, 0.25) is 0 Å². The van der Waals surface area contributed by atoms with Crippen LogP contribution in [0.15, 0.2) is 30.6 Å². The fourth-order valence-corrected chi connectivity index (χ4v) is 2.08. The Morgan fingerprint density at radius 1 is 1.45 bits per heavy atom. The highest BCUT2D eigenvalue weighted by Gasteiger charge is 2.07. The monoisotopic (exact) mass is 272 g/mol. The van der Waals surface area contributed by atoms with E-state index >= 15 is 0 Å². The zero-order valence-electron chi connectivity index (χ0n) is 11.9. The van der Waals surface area contributed by atoms with E-state index in [-0.39, 0.29) is 0 Å². The first-order valence-electron chi connectivity index (χ1n) is 6.77. The highest BCUT2D eigenvalue weighted by molar-refractivity contribution is 5.92. The van der Waals surface area contributed by atoms with Gasteiger partial charge in [-0.2, -0.15) is 5.10 Å². The average Bonchev–Trinajstić information content (AvgIpc) is 2.89. The number of hydrogen-bond acceptors (Lipinski definition) is 3. The number of hydrogen-bond donors (Lipinski definition) is 2. The number of primary amides is 1. The van der Waals surface area contributed by atoms with Gasteiger partial charge in [-0.1, -0.05) is 19.1 Å². The molecule has 0 aliphatic rings. The zero-order chi connectivity index (χ0) is 14.5. The van der Waals surface area contributed by atoms with E-state index in [1.54, 1.807) is 10.9 Å². The standard InChI is InChI=1S/C15H20N4O/c1-3-6-17-8-12-4-5-14(11(2)7-12)19-10-13(9-18-19)15(16)20/h4-5,7,9-10,17H,3,6,8H2,1-2H3,(H2,16,20). The van der Waals surface area contributed by atoms with Crippen molar-refractivity contribution in [3.63, 3.8) is 0 Å². The number of nitrogens with one attached hydrogen (secondary N) is 1. The van der Waals surface area contributed by atoms with Crippen LogP contribution < -0.4 is 11.1 Å². The van der Waals surface area contributed by atoms with Gasteiger partial charge in [-0.05, 0) is 37.1 Å². The molecule has 1 aromatic carbocycles. The number of benzene rings is 1. The summed E-state index contributed by atoms with van der Waals surface area (Å²) in [6.45, 7) is 6.06. The fourth-order valence-electron chi connectivity index (χ4n) is 2.08. The molecule has 0 bridgehead atoms. The molecule has 0 aliphatic heterocycles. The van der Waals surface area contributed by atoms with Crippen LogP contribution in [0.5, 0.6) is 0 Å². The van der Waals surface area contributed by atoms with E-state index in [0.717, 1.165) is 30.8 Å². The molecule has 0 aliphatic carbocycles. The average molecular weight is 272 g/mol. The van der Waals surface area contributed by atoms with Crippen molar-refractivity contribution in [1.82, 2.24) is 15.1 Å². The Labute approximate surface area is 118 Å². The molecule has 1 heterocycles. The molecule has 5 nitrogen and oxygen atoms in total. The van der Waals surface area contributed by atoms with Crippen molar-refractivity contribution in [3.05, 3.63) is 47.3 Å². The van der Waals surface area contributed by atoms with Crippen molar-refractivity contribution in [3.8, 4) is 5.69 Å². The van der Waals surface area contributed by atoms with Crippen molar-refractivity contribution in [2.24, 2.45) is 5.73 Å². The Kier molecular flexibility index (Phi) is 4.53. The van der Waals surface area contributed by atoms with E-state index in [2.05, 4.69) is 29.5 Å². The van der Waals surface area contributed by atoms with Crippen molar-refractivity contribution in [2.45, 2.75) is 26.8 Å². The molecule has 0 radical (unpaired) electrons. The Morgan fingerprint density at radius 3 is 2.85 bits per heavy atom. The summed E-state index contributed by atoms with van der Waals surface area (Å²) in [6.07, 6.45) is 4.26. The van der Waals surface area contributed by atoms with E-state index < -0.39 is 5.91 Å². The maximum Gasteiger partial charge on any atom is 0.251 e. The smallest absolute Gasteiger partial charge is 0.251 e. The van der Waals surface area contributed by atoms with Gasteiger partial charge in [0, 0.05) is 12.7 Å². The van der Waals surface area contributed by atoms with Gasteiger partial charge in [-0.3, -0.25) is 4.79 Å². The highest BCUT2D eigenvalue weighted by atomic mass is 16.1. The highest BCUT2D eigenvalue weighted by Crippen LogP contribution is 2.16. The largest absolute Gasteiger partial charge is 0.366 e. The van der Waals surface area contributed by atoms with Crippen LogP contribution in [0.25, 0.3) is 5.69 Å². The summed E-state index contributed by atoms with van der Waals surface area (Å²) >= 11 is 0. The van der Waals surface area contributed by atoms with Gasteiger partial charge < -0.3 is 11.1 Å². The second-order valence-electron chi connectivity index (χ2n) is 4.84. The van der Waals surface area contributed by atoms with Gasteiger partial charge in [0.1, 0.15) is 0 Å². The summed E-state index contributed by atoms with van der Waals surface area (Å²) in [4.78, 5) is 11.1. The molecule has 3 N–H and O–H groups in total. The number of nitrogens with zero attached hydrogens (tertiary/aromatic N) is 2. The molecule has 5 heteroatoms. The first kappa shape index (κ1) is 14.3. The maximum atomic E-state index is 11.1. The number of amides is 1. The Bertz CT molecular complexity index is 604. The second kappa shape index (κ2) is 6.34. The van der Waals surface area contributed by atoms with Crippen LogP contribution in [0.1, 0.15) is 34.8 Å². The molecule has 2 aromatic rings. The van der Waals surface area contributed by atoms with Crippen LogP contribution in [0.4, 0.5) is 0 Å². The molecule has 0 fully saturated rings. The summed E-state index contributed by atoms with van der Waals surface area (Å²) in [7, 11) is 0. The Morgan fingerprint density at radius 2 is 2.25 bits per heavy atom. The summed E-state index contributed by atoms with van der Waals surface area (Å²) in [5.74, 6) is -0.464. The lowest BCUT2D eigenvalue weighted by molar-refractivity contribution is 0.100. The van der Waals surface area contributed by atoms with Crippen molar-refractivity contribution < 1.29 is 4.79 Å². The first-order valence-corrected chi connectivity index (χ1v) is 6.77. The lowest BCUT2D eigenvalue weighted by Gasteiger charge is -2.09. The molecule has 0 spiro atoms. The predicted octanol–water partition coefficient (Wildman–Crippen LogP) is 1.78. The maximum absolute atomic E-state index is 11.1. The minimum Gasteiger partial charge on any atom is -0.366 e. The van der Waals surface area contributed by atoms with Crippen molar-refractivity contribution in [2.75, 3.05) is 6.54 Å². The lowest BCUT2D eigenvalue weighted by Crippen LogP contribution is -2.14. The summed E-state index contributed by atoms with van der Waals surface area (Å²) < 4.78 is 1.68. The number of aryl methyl sites for hydroxylation is 1. The molecule has 0 atom stereocenters. The van der Waals surface area contributed by atoms with Gasteiger partial charge >= 0.3 is 0 Å². The predicted molar refractivity (Wildman–Crippen MR) is 78.8 cm³/mol. The second-order valence-corrected chi connectivity index (χ2v) is 4.84. The summed E-state index contributed by atoms with van der Waals surface area (Å²) in [5.41, 5.74) is 8.95. The van der Waals surface area contributed by atoms with Crippen LogP contribution in [-0.4, -0.2) is 22.2 Å². The van der Waals surface area contributed by atoms with E-state index in [1.807, 2.05) is 13.0 Å². The third kappa shape index (κ3) is 3.24. The van der Waals surface area contributed by atoms with Gasteiger partial charge in [0.25, 0.3) is 5.91 Å². The molecule has 106 valence electrons. The minimum absolute atomic E-state index is 0.415. The van der Waals surface area contributed by atoms with E-state index in [9.17, 15) is 4.79 Å². The summed E-state index contributed by atoms with van der Waals surface area (Å²) in [5, 5.41) is 7.55. The molecule has 1 aromatic heterocycles. The van der Waals surface area contributed by atoms with Gasteiger partial charge in [0.2, 0.25) is 0 Å². The van der Waals surface area contributed by atoms with Crippen LogP contribution in [0.3, 0.4) is 0 Å². The molecule has 20 heavy (non-hydrogen) atoms. The molecular formula is C15H20N4O. The fraction of sp³-hybridized carbons (Fsp3) is 0.333. The quantitative estimate of drug-likeness (QED) is 0.787. The number of aromatic nitrogens is 2. The number of carbonyl (C=O) groups is 1. The van der Waals surface area contributed by atoms with Gasteiger partial charge in [0.05, 0.1) is 17.4 Å². The number of carbonyl (C=O) groups excluding carboxylic acids is 1. The summed E-state index contributed by atoms with van der Waals surface area (Å²) in [6, 6.07) is 6.20. The van der Waals surface area contributed by atoms with Gasteiger partial charge in [-0.15, -0.1) is 0 Å². The third-order valence-corrected chi connectivity index (χ3v) is 3.13. The van der Waals surface area contributed by atoms with Crippen molar-refractivity contribution >= 4 is 5.91 Å². The van der Waals surface area contributed by atoms with Crippen molar-refractivity contribution in [1.29, 1.82) is 0 Å². The first-order chi connectivity index (χ1) is 9.61. The molecule has 1 amide bonds. The number of nitrogens with two attached hydrogens (primary N) is 1. The van der Waals surface area contributed by atoms with Crippen LogP contribution >= 0.6 is 0 Å². The van der Waals surface area contributed by atoms with E-state index in [1.165, 1.54) is 11.8 Å². The number of rotatable bonds is 6. The van der Waals surface area contributed by atoms with Gasteiger partial charge in [0.15, 0.2) is 0 Å². The molecule has 0 saturated carbocycles. The van der Waals surface area contributed by atoms with Gasteiger partial charge in [-0.25, -0.2) is 4.68 Å². The van der Waals surface area contributed by atoms with Crippen LogP contribution in [0, 0.1) is 6.92 Å².